The first-order chi connectivity index (χ1) is 18.7. The fraction of sp³-hybridized carbons (Fsp3) is 0.0625. The number of fused-ring (bicyclic) bond motifs is 3. The maximum atomic E-state index is 13.5. The van der Waals surface area contributed by atoms with Crippen LogP contribution < -0.4 is 0 Å². The molecule has 184 valence electrons. The molecule has 0 fully saturated rings. The molecule has 0 N–H and O–H groups in total. The average molecular weight is 512 g/mol. The van der Waals surface area contributed by atoms with E-state index in [4.69, 9.17) is 13.1 Å². The number of alkyl halides is 3. The molecule has 4 aromatic rings. The van der Waals surface area contributed by atoms with Crippen molar-refractivity contribution in [3.8, 4) is 45.5 Å². The summed E-state index contributed by atoms with van der Waals surface area (Å²) in [5.74, 6) is 0. The van der Waals surface area contributed by atoms with Crippen molar-refractivity contribution in [2.75, 3.05) is 0 Å². The summed E-state index contributed by atoms with van der Waals surface area (Å²) >= 11 is 0. The Kier molecular flexibility index (Phi) is 6.00. The summed E-state index contributed by atoms with van der Waals surface area (Å²) in [5, 5.41) is 19.7. The zero-order valence-corrected chi connectivity index (χ0v) is 20.4. The lowest BCUT2D eigenvalue weighted by molar-refractivity contribution is -0.137. The Hall–Kier alpha value is -5.63. The van der Waals surface area contributed by atoms with Crippen molar-refractivity contribution in [2.24, 2.45) is 0 Å². The van der Waals surface area contributed by atoms with Crippen LogP contribution in [0.3, 0.4) is 0 Å². The highest BCUT2D eigenvalue weighted by molar-refractivity contribution is 6.07. The van der Waals surface area contributed by atoms with E-state index in [2.05, 4.69) is 15.8 Å². The highest BCUT2D eigenvalue weighted by atomic mass is 19.4. The average Bonchev–Trinajstić information content (AvgIpc) is 3.24. The van der Waals surface area contributed by atoms with E-state index >= 15 is 0 Å². The van der Waals surface area contributed by atoms with Gasteiger partial charge in [-0.25, -0.2) is 15.0 Å². The van der Waals surface area contributed by atoms with Gasteiger partial charge in [0.2, 0.25) is 0 Å². The molecule has 39 heavy (non-hydrogen) atoms. The van der Waals surface area contributed by atoms with Crippen LogP contribution in [0, 0.1) is 42.7 Å². The monoisotopic (exact) mass is 512 g/mol. The first-order valence-corrected chi connectivity index (χ1v) is 11.6. The summed E-state index contributed by atoms with van der Waals surface area (Å²) in [6.45, 7) is 17.3. The Bertz CT molecular complexity index is 1890. The molecule has 4 aromatic carbocycles. The fourth-order valence-electron chi connectivity index (χ4n) is 4.91. The van der Waals surface area contributed by atoms with Crippen LogP contribution in [0.15, 0.2) is 78.5 Å². The van der Waals surface area contributed by atoms with E-state index in [1.54, 1.807) is 12.1 Å². The summed E-state index contributed by atoms with van der Waals surface area (Å²) in [6.07, 6.45) is -4.56. The Morgan fingerprint density at radius 2 is 1.41 bits per heavy atom. The van der Waals surface area contributed by atoms with E-state index in [0.29, 0.717) is 44.6 Å². The fourth-order valence-corrected chi connectivity index (χ4v) is 4.91. The second kappa shape index (κ2) is 9.35. The number of rotatable bonds is 2. The molecule has 0 bridgehead atoms. The lowest BCUT2D eigenvalue weighted by Crippen LogP contribution is -2.04. The molecular formula is C32H15F3N4. The molecule has 0 unspecified atom stereocenters. The molecule has 1 aliphatic carbocycles. The molecular weight excluding hydrogens is 497 g/mol. The molecule has 0 atom stereocenters. The standard InChI is InChI=1S/C32H15F3N4/c1-18-6-4-7-19(10-18)24-14-26-25-13-23(20-8-5-9-22(11-20)32(33,34)35)21(16-36)12-27(25)31(30(17-37)39-3)28(26)15-29(24)38-2/h4-15H,1H3/b31-30-. The van der Waals surface area contributed by atoms with Crippen molar-refractivity contribution in [1.82, 2.24) is 0 Å². The van der Waals surface area contributed by atoms with Crippen LogP contribution in [0.25, 0.3) is 48.6 Å². The Morgan fingerprint density at radius 3 is 2.00 bits per heavy atom. The molecule has 0 aromatic heterocycles. The minimum atomic E-state index is -4.56. The van der Waals surface area contributed by atoms with Gasteiger partial charge in [0.15, 0.2) is 5.69 Å². The summed E-state index contributed by atoms with van der Waals surface area (Å²) in [6, 6.07) is 22.9. The van der Waals surface area contributed by atoms with E-state index in [1.807, 2.05) is 43.3 Å². The minimum absolute atomic E-state index is 0.102. The highest BCUT2D eigenvalue weighted by Gasteiger charge is 2.32. The van der Waals surface area contributed by atoms with Crippen molar-refractivity contribution in [3.05, 3.63) is 129 Å². The van der Waals surface area contributed by atoms with E-state index in [0.717, 1.165) is 23.3 Å². The van der Waals surface area contributed by atoms with Crippen LogP contribution in [-0.2, 0) is 6.18 Å². The smallest absolute Gasteiger partial charge is 0.237 e. The quantitative estimate of drug-likeness (QED) is 0.175. The third kappa shape index (κ3) is 4.19. The molecule has 0 aliphatic heterocycles. The number of allylic oxidation sites excluding steroid dienone is 1. The van der Waals surface area contributed by atoms with Gasteiger partial charge in [0.25, 0.3) is 5.70 Å². The molecule has 0 amide bonds. The van der Waals surface area contributed by atoms with Gasteiger partial charge in [-0.15, -0.1) is 0 Å². The number of hydrogen-bond donors (Lipinski definition) is 0. The number of hydrogen-bond acceptors (Lipinski definition) is 2. The summed E-state index contributed by atoms with van der Waals surface area (Å²) in [4.78, 5) is 7.09. The van der Waals surface area contributed by atoms with Crippen LogP contribution in [-0.4, -0.2) is 0 Å². The summed E-state index contributed by atoms with van der Waals surface area (Å²) in [7, 11) is 0. The van der Waals surface area contributed by atoms with Crippen LogP contribution in [0.2, 0.25) is 0 Å². The minimum Gasteiger partial charge on any atom is -0.237 e. The first kappa shape index (κ1) is 25.0. The molecule has 0 spiro atoms. The van der Waals surface area contributed by atoms with Crippen LogP contribution in [0.1, 0.15) is 27.8 Å². The number of nitriles is 2. The lowest BCUT2D eigenvalue weighted by atomic mass is 9.92. The van der Waals surface area contributed by atoms with Gasteiger partial charge in [0.1, 0.15) is 0 Å². The van der Waals surface area contributed by atoms with Crippen LogP contribution in [0.5, 0.6) is 0 Å². The van der Waals surface area contributed by atoms with Gasteiger partial charge >= 0.3 is 6.18 Å². The van der Waals surface area contributed by atoms with Crippen molar-refractivity contribution in [3.63, 3.8) is 0 Å². The number of aryl methyl sites for hydroxylation is 1. The van der Waals surface area contributed by atoms with E-state index in [1.165, 1.54) is 18.2 Å². The highest BCUT2D eigenvalue weighted by Crippen LogP contribution is 2.51. The SMILES string of the molecule is [C-]#[N+]/C(C#N)=C1/c2cc(C#N)c(-c3cccc(C(F)(F)F)c3)cc2-c2cc(-c3cccc(C)c3)c([N+]#[C-])cc21. The van der Waals surface area contributed by atoms with Gasteiger partial charge < -0.3 is 0 Å². The van der Waals surface area contributed by atoms with Crippen molar-refractivity contribution in [1.29, 1.82) is 10.5 Å². The van der Waals surface area contributed by atoms with Crippen molar-refractivity contribution >= 4 is 11.3 Å². The topological polar surface area (TPSA) is 56.3 Å². The molecule has 1 aliphatic rings. The molecule has 7 heteroatoms. The number of halogens is 3. The number of benzene rings is 4. The van der Waals surface area contributed by atoms with E-state index in [9.17, 15) is 23.7 Å². The molecule has 0 heterocycles. The largest absolute Gasteiger partial charge is 0.416 e. The zero-order chi connectivity index (χ0) is 27.9. The zero-order valence-electron chi connectivity index (χ0n) is 20.4. The van der Waals surface area contributed by atoms with Gasteiger partial charge in [-0.3, -0.25) is 0 Å². The Labute approximate surface area is 222 Å². The predicted octanol–water partition coefficient (Wildman–Crippen LogP) is 8.95. The molecule has 5 rings (SSSR count). The van der Waals surface area contributed by atoms with E-state index in [-0.39, 0.29) is 16.8 Å². The second-order valence-electron chi connectivity index (χ2n) is 8.98. The molecule has 0 radical (unpaired) electrons. The Balaban J connectivity index is 1.86. The van der Waals surface area contributed by atoms with Crippen molar-refractivity contribution in [2.45, 2.75) is 13.1 Å². The predicted molar refractivity (Wildman–Crippen MR) is 142 cm³/mol. The van der Waals surface area contributed by atoms with Gasteiger partial charge in [-0.2, -0.15) is 18.4 Å². The second-order valence-corrected chi connectivity index (χ2v) is 8.98. The van der Waals surface area contributed by atoms with Gasteiger partial charge in [-0.05, 0) is 76.2 Å². The third-order valence-corrected chi connectivity index (χ3v) is 6.65. The maximum absolute atomic E-state index is 13.5. The van der Waals surface area contributed by atoms with Gasteiger partial charge in [0, 0.05) is 11.1 Å². The van der Waals surface area contributed by atoms with Crippen LogP contribution >= 0.6 is 0 Å². The summed E-state index contributed by atoms with van der Waals surface area (Å²) in [5.41, 5.74) is 4.76. The van der Waals surface area contributed by atoms with Crippen LogP contribution in [0.4, 0.5) is 18.9 Å². The van der Waals surface area contributed by atoms with Gasteiger partial charge in [-0.1, -0.05) is 48.0 Å². The normalized spacial score (nSPS) is 12.8. The van der Waals surface area contributed by atoms with Crippen molar-refractivity contribution < 1.29 is 13.2 Å². The maximum Gasteiger partial charge on any atom is 0.416 e. The van der Waals surface area contributed by atoms with Gasteiger partial charge in [0.05, 0.1) is 36.4 Å². The first-order valence-electron chi connectivity index (χ1n) is 11.6. The third-order valence-electron chi connectivity index (χ3n) is 6.65. The molecule has 0 saturated heterocycles. The lowest BCUT2D eigenvalue weighted by Gasteiger charge is -2.13. The summed E-state index contributed by atoms with van der Waals surface area (Å²) < 4.78 is 40.4. The molecule has 4 nitrogen and oxygen atoms in total. The number of nitrogens with zero attached hydrogens (tertiary/aromatic N) is 4. The Morgan fingerprint density at radius 1 is 0.769 bits per heavy atom. The van der Waals surface area contributed by atoms with E-state index < -0.39 is 11.7 Å². The molecule has 0 saturated carbocycles.